The van der Waals surface area contributed by atoms with Gasteiger partial charge in [0.05, 0.1) is 18.8 Å². The first-order valence-electron chi connectivity index (χ1n) is 12.4. The lowest BCUT2D eigenvalue weighted by molar-refractivity contribution is -0.252. The Labute approximate surface area is 227 Å². The molecule has 0 saturated carbocycles. The lowest BCUT2D eigenvalue weighted by atomic mass is 9.99. The summed E-state index contributed by atoms with van der Waals surface area (Å²) in [6.07, 6.45) is 0.980. The number of ether oxygens (including phenoxy) is 2. The van der Waals surface area contributed by atoms with E-state index in [0.29, 0.717) is 25.1 Å². The maximum Gasteiger partial charge on any atom is 0.261 e. The highest BCUT2D eigenvalue weighted by molar-refractivity contribution is 6.04. The number of aliphatic hydroxyl groups excluding tert-OH is 1. The first-order valence-corrected chi connectivity index (χ1v) is 12.4. The van der Waals surface area contributed by atoms with Crippen LogP contribution in [-0.2, 0) is 16.1 Å². The number of carbonyl (C=O) groups excluding carboxylic acids is 1. The van der Waals surface area contributed by atoms with Crippen molar-refractivity contribution in [3.8, 4) is 0 Å². The number of likely N-dealkylation sites (N-methyl/N-ethyl adjacent to an activating group) is 1. The Kier molecular flexibility index (Phi) is 9.31. The number of anilines is 1. The fourth-order valence-corrected chi connectivity index (χ4v) is 4.40. The fraction of sp³-hybridized carbons (Fsp3) is 0.276. The van der Waals surface area contributed by atoms with Gasteiger partial charge in [0.15, 0.2) is 29.6 Å². The van der Waals surface area contributed by atoms with Gasteiger partial charge in [0.25, 0.3) is 5.91 Å². The summed E-state index contributed by atoms with van der Waals surface area (Å²) in [5, 5.41) is 11.5. The molecule has 0 spiro atoms. The van der Waals surface area contributed by atoms with Crippen LogP contribution in [0, 0.1) is 29.1 Å². The highest BCUT2D eigenvalue weighted by Gasteiger charge is 2.33. The van der Waals surface area contributed by atoms with Crippen LogP contribution in [0.5, 0.6) is 0 Å². The third-order valence-corrected chi connectivity index (χ3v) is 6.45. The van der Waals surface area contributed by atoms with Crippen LogP contribution < -0.4 is 5.32 Å². The van der Waals surface area contributed by atoms with Crippen LogP contribution in [0.2, 0.25) is 0 Å². The molecule has 4 rings (SSSR count). The average molecular weight is 563 g/mol. The Morgan fingerprint density at radius 3 is 2.10 bits per heavy atom. The van der Waals surface area contributed by atoms with Crippen LogP contribution in [0.25, 0.3) is 0 Å². The molecule has 3 atom stereocenters. The number of halogens is 5. The zero-order valence-corrected chi connectivity index (χ0v) is 21.5. The van der Waals surface area contributed by atoms with Gasteiger partial charge >= 0.3 is 0 Å². The first-order chi connectivity index (χ1) is 19.1. The van der Waals surface area contributed by atoms with Gasteiger partial charge in [-0.05, 0) is 30.3 Å². The number of hydrogen-bond acceptors (Lipinski definition) is 5. The Bertz CT molecular complexity index is 1340. The summed E-state index contributed by atoms with van der Waals surface area (Å²) in [5.41, 5.74) is 0.696. The Hall–Kier alpha value is -3.64. The van der Waals surface area contributed by atoms with Crippen LogP contribution in [0.15, 0.2) is 61.2 Å². The summed E-state index contributed by atoms with van der Waals surface area (Å²) < 4.78 is 80.8. The van der Waals surface area contributed by atoms with Gasteiger partial charge in [0.2, 0.25) is 5.82 Å². The monoisotopic (exact) mass is 562 g/mol. The van der Waals surface area contributed by atoms with Crippen molar-refractivity contribution < 1.29 is 41.3 Å². The third kappa shape index (κ3) is 6.39. The van der Waals surface area contributed by atoms with E-state index in [1.165, 1.54) is 12.1 Å². The van der Waals surface area contributed by atoms with E-state index in [2.05, 4.69) is 11.9 Å². The van der Waals surface area contributed by atoms with Gasteiger partial charge in [-0.2, -0.15) is 0 Å². The van der Waals surface area contributed by atoms with E-state index in [4.69, 9.17) is 9.47 Å². The minimum absolute atomic E-state index is 0.0481. The van der Waals surface area contributed by atoms with E-state index in [9.17, 15) is 31.9 Å². The zero-order chi connectivity index (χ0) is 29.0. The molecule has 3 aromatic rings. The highest BCUT2D eigenvalue weighted by atomic mass is 19.2. The summed E-state index contributed by atoms with van der Waals surface area (Å²) in [6, 6.07) is 13.3. The number of carbonyl (C=O) groups is 1. The standard InChI is InChI=1S/C29H27F5N2O4/c1-3-12-36(2)14-20-13-21(17-6-4-16(15-37)5-7-17)40-29(39-20)18-8-10-19(11-9-18)35-28(38)22-23(30)25(32)27(34)26(33)24(22)31/h3-11,20-21,29,37H,1,12-15H2,2H3,(H,35,38). The molecule has 0 radical (unpaired) electrons. The first kappa shape index (κ1) is 29.3. The molecule has 1 heterocycles. The van der Waals surface area contributed by atoms with Gasteiger partial charge in [-0.15, -0.1) is 6.58 Å². The maximum atomic E-state index is 14.0. The van der Waals surface area contributed by atoms with Crippen molar-refractivity contribution in [2.24, 2.45) is 0 Å². The summed E-state index contributed by atoms with van der Waals surface area (Å²) in [7, 11) is 1.93. The quantitative estimate of drug-likeness (QED) is 0.150. The fourth-order valence-electron chi connectivity index (χ4n) is 4.40. The molecular formula is C29H27F5N2O4. The summed E-state index contributed by atoms with van der Waals surface area (Å²) in [4.78, 5) is 14.4. The van der Waals surface area contributed by atoms with Crippen LogP contribution in [0.1, 0.15) is 45.9 Å². The number of benzene rings is 3. The molecule has 11 heteroatoms. The van der Waals surface area contributed by atoms with E-state index in [0.717, 1.165) is 11.1 Å². The second kappa shape index (κ2) is 12.7. The Morgan fingerprint density at radius 1 is 0.950 bits per heavy atom. The third-order valence-electron chi connectivity index (χ3n) is 6.45. The molecule has 212 valence electrons. The largest absolute Gasteiger partial charge is 0.392 e. The molecule has 3 aromatic carbocycles. The van der Waals surface area contributed by atoms with Crippen molar-refractivity contribution in [2.45, 2.75) is 31.5 Å². The van der Waals surface area contributed by atoms with Gasteiger partial charge in [-0.25, -0.2) is 22.0 Å². The number of hydrogen-bond donors (Lipinski definition) is 2. The van der Waals surface area contributed by atoms with Crippen LogP contribution >= 0.6 is 0 Å². The number of aliphatic hydroxyl groups is 1. The lowest BCUT2D eigenvalue weighted by Gasteiger charge is -2.37. The predicted octanol–water partition coefficient (Wildman–Crippen LogP) is 5.79. The lowest BCUT2D eigenvalue weighted by Crippen LogP contribution is -2.37. The van der Waals surface area contributed by atoms with E-state index >= 15 is 0 Å². The summed E-state index contributed by atoms with van der Waals surface area (Å²) >= 11 is 0. The number of nitrogens with zero attached hydrogens (tertiary/aromatic N) is 1. The molecule has 6 nitrogen and oxygen atoms in total. The van der Waals surface area contributed by atoms with E-state index in [-0.39, 0.29) is 24.5 Å². The summed E-state index contributed by atoms with van der Waals surface area (Å²) in [5.74, 6) is -12.7. The zero-order valence-electron chi connectivity index (χ0n) is 21.5. The van der Waals surface area contributed by atoms with Crippen LogP contribution in [-0.4, -0.2) is 42.2 Å². The van der Waals surface area contributed by atoms with E-state index < -0.39 is 46.8 Å². The minimum Gasteiger partial charge on any atom is -0.392 e. The predicted molar refractivity (Wildman–Crippen MR) is 137 cm³/mol. The van der Waals surface area contributed by atoms with Crippen molar-refractivity contribution in [3.05, 3.63) is 113 Å². The van der Waals surface area contributed by atoms with Crippen molar-refractivity contribution >= 4 is 11.6 Å². The van der Waals surface area contributed by atoms with E-state index in [1.807, 2.05) is 36.2 Å². The minimum atomic E-state index is -2.35. The summed E-state index contributed by atoms with van der Waals surface area (Å²) in [6.45, 7) is 4.91. The Balaban J connectivity index is 1.53. The second-order valence-corrected chi connectivity index (χ2v) is 9.38. The van der Waals surface area contributed by atoms with Crippen molar-refractivity contribution in [2.75, 3.05) is 25.5 Å². The number of rotatable bonds is 9. The van der Waals surface area contributed by atoms with E-state index in [1.54, 1.807) is 18.2 Å². The molecule has 1 aliphatic heterocycles. The number of nitrogens with one attached hydrogen (secondary N) is 1. The SMILES string of the molecule is C=CCN(C)CC1CC(c2ccc(CO)cc2)OC(c2ccc(NC(=O)c3c(F)c(F)c(F)c(F)c3F)cc2)O1. The van der Waals surface area contributed by atoms with Gasteiger partial charge in [-0.1, -0.05) is 42.5 Å². The molecule has 40 heavy (non-hydrogen) atoms. The van der Waals surface area contributed by atoms with Gasteiger partial charge in [0, 0.05) is 30.8 Å². The van der Waals surface area contributed by atoms with Crippen LogP contribution in [0.4, 0.5) is 27.6 Å². The van der Waals surface area contributed by atoms with Crippen LogP contribution in [0.3, 0.4) is 0 Å². The molecule has 0 aromatic heterocycles. The molecule has 2 N–H and O–H groups in total. The Morgan fingerprint density at radius 2 is 1.52 bits per heavy atom. The number of amides is 1. The molecule has 1 aliphatic rings. The molecule has 0 aliphatic carbocycles. The topological polar surface area (TPSA) is 71.0 Å². The molecule has 0 bridgehead atoms. The van der Waals surface area contributed by atoms with Crippen molar-refractivity contribution in [1.29, 1.82) is 0 Å². The van der Waals surface area contributed by atoms with Gasteiger partial charge in [-0.3, -0.25) is 4.79 Å². The molecule has 1 amide bonds. The smallest absolute Gasteiger partial charge is 0.261 e. The molecule has 3 unspecified atom stereocenters. The highest BCUT2D eigenvalue weighted by Crippen LogP contribution is 2.38. The normalized spacial score (nSPS) is 19.1. The van der Waals surface area contributed by atoms with Gasteiger partial charge < -0.3 is 24.8 Å². The molecular weight excluding hydrogens is 535 g/mol. The van der Waals surface area contributed by atoms with Crippen molar-refractivity contribution in [1.82, 2.24) is 4.90 Å². The average Bonchev–Trinajstić information content (AvgIpc) is 2.95. The molecule has 1 saturated heterocycles. The van der Waals surface area contributed by atoms with Crippen molar-refractivity contribution in [3.63, 3.8) is 0 Å². The maximum absolute atomic E-state index is 14.0. The second-order valence-electron chi connectivity index (χ2n) is 9.38. The van der Waals surface area contributed by atoms with Gasteiger partial charge in [0.1, 0.15) is 5.56 Å². The molecule has 1 fully saturated rings.